The Labute approximate surface area is 171 Å². The SMILES string of the molecule is COc1ccccc1CNC(=O)c1ccccc1NC(=O)c1ccccc1Br. The molecule has 5 nitrogen and oxygen atoms in total. The molecule has 3 rings (SSSR count). The molecule has 0 unspecified atom stereocenters. The summed E-state index contributed by atoms with van der Waals surface area (Å²) in [6.07, 6.45) is 0. The Balaban J connectivity index is 1.75. The molecule has 3 aromatic rings. The highest BCUT2D eigenvalue weighted by atomic mass is 79.9. The van der Waals surface area contributed by atoms with E-state index in [-0.39, 0.29) is 11.8 Å². The molecular formula is C22H19BrN2O3. The highest BCUT2D eigenvalue weighted by Gasteiger charge is 2.15. The predicted octanol–water partition coefficient (Wildman–Crippen LogP) is 4.64. The van der Waals surface area contributed by atoms with Crippen LogP contribution in [0.2, 0.25) is 0 Å². The summed E-state index contributed by atoms with van der Waals surface area (Å²) in [7, 11) is 1.59. The first-order chi connectivity index (χ1) is 13.6. The molecule has 0 radical (unpaired) electrons. The molecule has 0 aliphatic heterocycles. The van der Waals surface area contributed by atoms with E-state index in [2.05, 4.69) is 26.6 Å². The molecule has 0 saturated carbocycles. The van der Waals surface area contributed by atoms with Crippen molar-refractivity contribution in [2.75, 3.05) is 12.4 Å². The third-order valence-corrected chi connectivity index (χ3v) is 4.86. The molecule has 0 aromatic heterocycles. The monoisotopic (exact) mass is 438 g/mol. The van der Waals surface area contributed by atoms with Crippen LogP contribution in [-0.2, 0) is 6.54 Å². The van der Waals surface area contributed by atoms with Crippen LogP contribution < -0.4 is 15.4 Å². The molecule has 0 spiro atoms. The number of methoxy groups -OCH3 is 1. The van der Waals surface area contributed by atoms with E-state index in [1.165, 1.54) is 0 Å². The van der Waals surface area contributed by atoms with Crippen LogP contribution in [0.15, 0.2) is 77.3 Å². The number of carbonyl (C=O) groups excluding carboxylic acids is 2. The molecule has 28 heavy (non-hydrogen) atoms. The second-order valence-corrected chi connectivity index (χ2v) is 6.83. The lowest BCUT2D eigenvalue weighted by molar-refractivity contribution is 0.0951. The van der Waals surface area contributed by atoms with Crippen molar-refractivity contribution >= 4 is 33.4 Å². The van der Waals surface area contributed by atoms with Crippen LogP contribution in [0, 0.1) is 0 Å². The number of hydrogen-bond acceptors (Lipinski definition) is 3. The molecule has 0 atom stereocenters. The molecule has 142 valence electrons. The standard InChI is InChI=1S/C22H19BrN2O3/c1-28-20-13-7-2-8-15(20)14-24-21(26)17-10-4-6-12-19(17)25-22(27)16-9-3-5-11-18(16)23/h2-13H,14H2,1H3,(H,24,26)(H,25,27). The van der Waals surface area contributed by atoms with Gasteiger partial charge in [-0.25, -0.2) is 0 Å². The third-order valence-electron chi connectivity index (χ3n) is 4.17. The first-order valence-corrected chi connectivity index (χ1v) is 9.44. The van der Waals surface area contributed by atoms with Gasteiger partial charge < -0.3 is 15.4 Å². The van der Waals surface area contributed by atoms with Crippen molar-refractivity contribution in [1.29, 1.82) is 0 Å². The van der Waals surface area contributed by atoms with Crippen molar-refractivity contribution in [3.63, 3.8) is 0 Å². The lowest BCUT2D eigenvalue weighted by atomic mass is 10.1. The van der Waals surface area contributed by atoms with Gasteiger partial charge in [0.25, 0.3) is 11.8 Å². The molecule has 0 saturated heterocycles. The van der Waals surface area contributed by atoms with Gasteiger partial charge in [0, 0.05) is 16.6 Å². The summed E-state index contributed by atoms with van der Waals surface area (Å²) >= 11 is 3.37. The van der Waals surface area contributed by atoms with Crippen LogP contribution in [0.1, 0.15) is 26.3 Å². The fraction of sp³-hybridized carbons (Fsp3) is 0.0909. The first kappa shape index (κ1) is 19.6. The van der Waals surface area contributed by atoms with E-state index in [0.717, 1.165) is 5.56 Å². The number of amides is 2. The van der Waals surface area contributed by atoms with Gasteiger partial charge in [0.2, 0.25) is 0 Å². The Morgan fingerprint density at radius 3 is 2.25 bits per heavy atom. The molecule has 2 amide bonds. The predicted molar refractivity (Wildman–Crippen MR) is 113 cm³/mol. The number of ether oxygens (including phenoxy) is 1. The van der Waals surface area contributed by atoms with Gasteiger partial charge in [-0.05, 0) is 46.3 Å². The normalized spacial score (nSPS) is 10.2. The quantitative estimate of drug-likeness (QED) is 0.588. The second kappa shape index (κ2) is 9.19. The third kappa shape index (κ3) is 4.58. The van der Waals surface area contributed by atoms with Crippen LogP contribution in [0.25, 0.3) is 0 Å². The maximum atomic E-state index is 12.7. The zero-order valence-electron chi connectivity index (χ0n) is 15.2. The average molecular weight is 439 g/mol. The van der Waals surface area contributed by atoms with E-state index in [0.29, 0.717) is 33.6 Å². The molecule has 2 N–H and O–H groups in total. The van der Waals surface area contributed by atoms with E-state index in [4.69, 9.17) is 4.74 Å². The van der Waals surface area contributed by atoms with Crippen molar-refractivity contribution in [2.45, 2.75) is 6.54 Å². The minimum absolute atomic E-state index is 0.283. The van der Waals surface area contributed by atoms with Crippen LogP contribution in [0.5, 0.6) is 5.75 Å². The number of nitrogens with one attached hydrogen (secondary N) is 2. The first-order valence-electron chi connectivity index (χ1n) is 8.65. The van der Waals surface area contributed by atoms with E-state index in [9.17, 15) is 9.59 Å². The molecular weight excluding hydrogens is 420 g/mol. The lowest BCUT2D eigenvalue weighted by Gasteiger charge is -2.13. The number of hydrogen-bond donors (Lipinski definition) is 2. The van der Waals surface area contributed by atoms with E-state index in [1.54, 1.807) is 49.6 Å². The fourth-order valence-electron chi connectivity index (χ4n) is 2.74. The van der Waals surface area contributed by atoms with Crippen molar-refractivity contribution in [2.24, 2.45) is 0 Å². The van der Waals surface area contributed by atoms with E-state index < -0.39 is 0 Å². The van der Waals surface area contributed by atoms with Crippen LogP contribution in [-0.4, -0.2) is 18.9 Å². The number of para-hydroxylation sites is 2. The highest BCUT2D eigenvalue weighted by molar-refractivity contribution is 9.10. The number of anilines is 1. The number of carbonyl (C=O) groups is 2. The lowest BCUT2D eigenvalue weighted by Crippen LogP contribution is -2.25. The van der Waals surface area contributed by atoms with E-state index in [1.807, 2.05) is 30.3 Å². The van der Waals surface area contributed by atoms with Gasteiger partial charge in [-0.3, -0.25) is 9.59 Å². The molecule has 0 heterocycles. The average Bonchev–Trinajstić information content (AvgIpc) is 2.72. The van der Waals surface area contributed by atoms with Crippen molar-refractivity contribution in [1.82, 2.24) is 5.32 Å². The summed E-state index contributed by atoms with van der Waals surface area (Å²) in [4.78, 5) is 25.3. The minimum Gasteiger partial charge on any atom is -0.496 e. The molecule has 0 bridgehead atoms. The molecule has 0 aliphatic carbocycles. The maximum Gasteiger partial charge on any atom is 0.256 e. The Morgan fingerprint density at radius 1 is 0.857 bits per heavy atom. The summed E-state index contributed by atoms with van der Waals surface area (Å²) in [5.74, 6) is 0.129. The second-order valence-electron chi connectivity index (χ2n) is 5.97. The Hall–Kier alpha value is -3.12. The zero-order valence-corrected chi connectivity index (χ0v) is 16.8. The minimum atomic E-state index is -0.294. The maximum absolute atomic E-state index is 12.7. The summed E-state index contributed by atoms with van der Waals surface area (Å²) in [6, 6.07) is 21.5. The van der Waals surface area contributed by atoms with Crippen LogP contribution in [0.3, 0.4) is 0 Å². The van der Waals surface area contributed by atoms with Gasteiger partial charge >= 0.3 is 0 Å². The Kier molecular flexibility index (Phi) is 6.45. The van der Waals surface area contributed by atoms with Crippen molar-refractivity contribution in [3.05, 3.63) is 94.0 Å². The summed E-state index contributed by atoms with van der Waals surface area (Å²) in [5.41, 5.74) is 2.19. The zero-order chi connectivity index (χ0) is 19.9. The Bertz CT molecular complexity index is 1000. The number of benzene rings is 3. The largest absolute Gasteiger partial charge is 0.496 e. The molecule has 0 aliphatic rings. The molecule has 6 heteroatoms. The van der Waals surface area contributed by atoms with Crippen molar-refractivity contribution < 1.29 is 14.3 Å². The van der Waals surface area contributed by atoms with Gasteiger partial charge in [-0.2, -0.15) is 0 Å². The summed E-state index contributed by atoms with van der Waals surface area (Å²) < 4.78 is 5.99. The summed E-state index contributed by atoms with van der Waals surface area (Å²) in [6.45, 7) is 0.315. The van der Waals surface area contributed by atoms with Crippen LogP contribution in [0.4, 0.5) is 5.69 Å². The van der Waals surface area contributed by atoms with Gasteiger partial charge in [0.1, 0.15) is 5.75 Å². The van der Waals surface area contributed by atoms with E-state index >= 15 is 0 Å². The topological polar surface area (TPSA) is 67.4 Å². The van der Waals surface area contributed by atoms with Gasteiger partial charge in [-0.1, -0.05) is 42.5 Å². The van der Waals surface area contributed by atoms with Gasteiger partial charge in [-0.15, -0.1) is 0 Å². The summed E-state index contributed by atoms with van der Waals surface area (Å²) in [5, 5.41) is 5.69. The smallest absolute Gasteiger partial charge is 0.256 e. The highest BCUT2D eigenvalue weighted by Crippen LogP contribution is 2.21. The molecule has 3 aromatic carbocycles. The van der Waals surface area contributed by atoms with Gasteiger partial charge in [0.15, 0.2) is 0 Å². The number of rotatable bonds is 6. The van der Waals surface area contributed by atoms with Gasteiger partial charge in [0.05, 0.1) is 23.9 Å². The number of halogens is 1. The van der Waals surface area contributed by atoms with Crippen LogP contribution >= 0.6 is 15.9 Å². The Morgan fingerprint density at radius 2 is 1.50 bits per heavy atom. The fourth-order valence-corrected chi connectivity index (χ4v) is 3.21. The van der Waals surface area contributed by atoms with Crippen molar-refractivity contribution in [3.8, 4) is 5.75 Å². The molecule has 0 fully saturated rings.